The van der Waals surface area contributed by atoms with Crippen molar-refractivity contribution < 1.29 is 19.4 Å². The number of amides is 1. The number of fused-ring (bicyclic) bond motifs is 2. The van der Waals surface area contributed by atoms with E-state index in [9.17, 15) is 9.90 Å². The smallest absolute Gasteiger partial charge is 0.224 e. The number of piperidine rings is 1. The Bertz CT molecular complexity index is 929. The molecular weight excluding hydrogens is 368 g/mol. The van der Waals surface area contributed by atoms with Crippen LogP contribution in [0, 0.1) is 0 Å². The third-order valence-corrected chi connectivity index (χ3v) is 6.03. The molecule has 3 aliphatic heterocycles. The van der Waals surface area contributed by atoms with E-state index in [1.165, 1.54) is 11.1 Å². The summed E-state index contributed by atoms with van der Waals surface area (Å²) in [4.78, 5) is 13.9. The number of hydrogen-bond acceptors (Lipinski definition) is 5. The zero-order valence-electron chi connectivity index (χ0n) is 16.4. The highest BCUT2D eigenvalue weighted by Gasteiger charge is 2.30. The molecule has 0 unspecified atom stereocenters. The van der Waals surface area contributed by atoms with Crippen LogP contribution in [0.15, 0.2) is 36.4 Å². The molecule has 2 aromatic carbocycles. The number of carbonyl (C=O) groups excluding carboxylic acids is 1. The van der Waals surface area contributed by atoms with E-state index >= 15 is 0 Å². The number of ether oxygens (including phenoxy) is 2. The summed E-state index contributed by atoms with van der Waals surface area (Å²) in [5, 5.41) is 13.6. The summed E-state index contributed by atoms with van der Waals surface area (Å²) in [5.74, 6) is 1.74. The van der Waals surface area contributed by atoms with Gasteiger partial charge in [-0.15, -0.1) is 0 Å². The number of β-amino-alcohol motifs (C(OH)–C–C–N with tert-alkyl or cyclic N) is 1. The molecule has 2 aromatic rings. The number of hydrogen-bond donors (Lipinski definition) is 2. The van der Waals surface area contributed by atoms with Crippen LogP contribution in [-0.2, 0) is 24.2 Å². The second-order valence-corrected chi connectivity index (χ2v) is 8.16. The Kier molecular flexibility index (Phi) is 4.89. The molecule has 29 heavy (non-hydrogen) atoms. The summed E-state index contributed by atoms with van der Waals surface area (Å²) < 4.78 is 11.7. The van der Waals surface area contributed by atoms with Gasteiger partial charge >= 0.3 is 0 Å². The van der Waals surface area contributed by atoms with Crippen molar-refractivity contribution in [1.29, 1.82) is 0 Å². The molecule has 0 saturated carbocycles. The van der Waals surface area contributed by atoms with Gasteiger partial charge in [-0.25, -0.2) is 0 Å². The van der Waals surface area contributed by atoms with E-state index in [1.807, 2.05) is 18.2 Å². The molecule has 0 bridgehead atoms. The molecule has 1 amide bonds. The predicted octanol–water partition coefficient (Wildman–Crippen LogP) is 2.52. The zero-order chi connectivity index (χ0) is 19.8. The maximum absolute atomic E-state index is 11.6. The van der Waals surface area contributed by atoms with Crippen molar-refractivity contribution >= 4 is 11.6 Å². The van der Waals surface area contributed by atoms with Gasteiger partial charge < -0.3 is 19.9 Å². The van der Waals surface area contributed by atoms with Gasteiger partial charge in [0.25, 0.3) is 0 Å². The van der Waals surface area contributed by atoms with Crippen LogP contribution in [0.4, 0.5) is 5.69 Å². The molecule has 1 fully saturated rings. The fourth-order valence-electron chi connectivity index (χ4n) is 4.45. The summed E-state index contributed by atoms with van der Waals surface area (Å²) in [6, 6.07) is 12.2. The Morgan fingerprint density at radius 1 is 1.14 bits per heavy atom. The van der Waals surface area contributed by atoms with Crippen molar-refractivity contribution in [2.45, 2.75) is 44.4 Å². The molecule has 3 heterocycles. The van der Waals surface area contributed by atoms with E-state index in [4.69, 9.17) is 9.47 Å². The Balaban J connectivity index is 1.19. The largest absolute Gasteiger partial charge is 0.493 e. The number of aliphatic hydroxyl groups excluding tert-OH is 1. The van der Waals surface area contributed by atoms with Gasteiger partial charge in [0.15, 0.2) is 0 Å². The van der Waals surface area contributed by atoms with Gasteiger partial charge in [-0.1, -0.05) is 18.2 Å². The van der Waals surface area contributed by atoms with Crippen molar-refractivity contribution in [3.63, 3.8) is 0 Å². The maximum atomic E-state index is 11.6. The summed E-state index contributed by atoms with van der Waals surface area (Å²) in [7, 11) is 0. The lowest BCUT2D eigenvalue weighted by atomic mass is 10.0. The molecule has 6 heteroatoms. The van der Waals surface area contributed by atoms with E-state index in [1.54, 1.807) is 0 Å². The van der Waals surface area contributed by atoms with Crippen LogP contribution in [0.1, 0.15) is 29.5 Å². The van der Waals surface area contributed by atoms with Crippen LogP contribution < -0.4 is 14.8 Å². The average molecular weight is 394 g/mol. The number of likely N-dealkylation sites (tertiary alicyclic amines) is 1. The van der Waals surface area contributed by atoms with Gasteiger partial charge in [-0.05, 0) is 41.7 Å². The first-order valence-corrected chi connectivity index (χ1v) is 10.4. The molecular formula is C23H26N2O4. The fourth-order valence-corrected chi connectivity index (χ4v) is 4.45. The number of rotatable bonds is 4. The Morgan fingerprint density at radius 3 is 2.97 bits per heavy atom. The quantitative estimate of drug-likeness (QED) is 0.834. The van der Waals surface area contributed by atoms with Gasteiger partial charge in [0.05, 0.1) is 6.61 Å². The van der Waals surface area contributed by atoms with Crippen molar-refractivity contribution in [2.75, 3.05) is 25.0 Å². The molecule has 1 saturated heterocycles. The lowest BCUT2D eigenvalue weighted by Crippen LogP contribution is -2.48. The van der Waals surface area contributed by atoms with Crippen molar-refractivity contribution in [3.05, 3.63) is 53.1 Å². The number of carbonyl (C=O) groups is 1. The number of benzene rings is 2. The second-order valence-electron chi connectivity index (χ2n) is 8.16. The lowest BCUT2D eigenvalue weighted by molar-refractivity contribution is -0.116. The minimum Gasteiger partial charge on any atom is -0.493 e. The summed E-state index contributed by atoms with van der Waals surface area (Å²) in [6.45, 7) is 3.05. The first-order chi connectivity index (χ1) is 14.1. The van der Waals surface area contributed by atoms with E-state index in [2.05, 4.69) is 28.4 Å². The van der Waals surface area contributed by atoms with Crippen molar-refractivity contribution in [1.82, 2.24) is 4.90 Å². The molecule has 0 aromatic heterocycles. The van der Waals surface area contributed by atoms with Gasteiger partial charge in [-0.2, -0.15) is 0 Å². The van der Waals surface area contributed by atoms with Crippen LogP contribution >= 0.6 is 0 Å². The van der Waals surface area contributed by atoms with E-state index in [0.717, 1.165) is 56.0 Å². The highest BCUT2D eigenvalue weighted by molar-refractivity contribution is 5.94. The molecule has 2 atom stereocenters. The monoisotopic (exact) mass is 394 g/mol. The topological polar surface area (TPSA) is 71.0 Å². The standard InChI is InChI=1S/C23H26N2O4/c26-20-14-25(13-15-1-5-21-17(11-15)8-10-28-21)9-7-22(20)29-18-4-2-16-3-6-23(27)24-19(16)12-18/h1-2,4-5,11-12,20,22,26H,3,6-10,13-14H2,(H,24,27)/t20-,22-/m1/s1. The van der Waals surface area contributed by atoms with Gasteiger partial charge in [0, 0.05) is 44.2 Å². The summed E-state index contributed by atoms with van der Waals surface area (Å²) in [6.07, 6.45) is 2.24. The highest BCUT2D eigenvalue weighted by atomic mass is 16.5. The van der Waals surface area contributed by atoms with Crippen molar-refractivity contribution in [2.24, 2.45) is 0 Å². The first-order valence-electron chi connectivity index (χ1n) is 10.4. The molecule has 6 nitrogen and oxygen atoms in total. The third kappa shape index (κ3) is 3.95. The molecule has 5 rings (SSSR count). The average Bonchev–Trinajstić information content (AvgIpc) is 3.17. The van der Waals surface area contributed by atoms with E-state index in [0.29, 0.717) is 18.7 Å². The number of nitrogens with one attached hydrogen (secondary N) is 1. The molecule has 0 radical (unpaired) electrons. The van der Waals surface area contributed by atoms with Crippen LogP contribution in [0.5, 0.6) is 11.5 Å². The number of anilines is 1. The molecule has 0 spiro atoms. The number of aryl methyl sites for hydroxylation is 1. The second kappa shape index (κ2) is 7.69. The number of nitrogens with zero attached hydrogens (tertiary/aromatic N) is 1. The van der Waals surface area contributed by atoms with Crippen LogP contribution in [0.25, 0.3) is 0 Å². The summed E-state index contributed by atoms with van der Waals surface area (Å²) in [5.41, 5.74) is 4.49. The van der Waals surface area contributed by atoms with E-state index < -0.39 is 6.10 Å². The van der Waals surface area contributed by atoms with E-state index in [-0.39, 0.29) is 12.0 Å². The Hall–Kier alpha value is -2.57. The summed E-state index contributed by atoms with van der Waals surface area (Å²) >= 11 is 0. The normalized spacial score (nSPS) is 23.7. The van der Waals surface area contributed by atoms with Gasteiger partial charge in [0.1, 0.15) is 23.7 Å². The molecule has 2 N–H and O–H groups in total. The number of aliphatic hydroxyl groups is 1. The predicted molar refractivity (Wildman–Crippen MR) is 109 cm³/mol. The third-order valence-electron chi connectivity index (χ3n) is 6.03. The SMILES string of the molecule is O=C1CCc2ccc(O[C@@H]3CCN(Cc4ccc5c(c4)CCO5)C[C@H]3O)cc2N1. The zero-order valence-corrected chi connectivity index (χ0v) is 16.4. The minimum absolute atomic E-state index is 0.0427. The van der Waals surface area contributed by atoms with Gasteiger partial charge in [0.2, 0.25) is 5.91 Å². The highest BCUT2D eigenvalue weighted by Crippen LogP contribution is 2.30. The van der Waals surface area contributed by atoms with Crippen LogP contribution in [0.3, 0.4) is 0 Å². The van der Waals surface area contributed by atoms with Crippen LogP contribution in [-0.4, -0.2) is 47.8 Å². The maximum Gasteiger partial charge on any atom is 0.224 e. The van der Waals surface area contributed by atoms with Crippen molar-refractivity contribution in [3.8, 4) is 11.5 Å². The molecule has 152 valence electrons. The first kappa shape index (κ1) is 18.5. The fraction of sp³-hybridized carbons (Fsp3) is 0.435. The van der Waals surface area contributed by atoms with Crippen LogP contribution in [0.2, 0.25) is 0 Å². The lowest BCUT2D eigenvalue weighted by Gasteiger charge is -2.36. The molecule has 0 aliphatic carbocycles. The molecule has 3 aliphatic rings. The Morgan fingerprint density at radius 2 is 2.07 bits per heavy atom. The Labute approximate surface area is 170 Å². The van der Waals surface area contributed by atoms with Gasteiger partial charge in [-0.3, -0.25) is 9.69 Å². The minimum atomic E-state index is -0.549.